The summed E-state index contributed by atoms with van der Waals surface area (Å²) in [6, 6.07) is 7.75. The lowest BCUT2D eigenvalue weighted by atomic mass is 9.88. The van der Waals surface area contributed by atoms with Crippen LogP contribution in [0.4, 0.5) is 4.79 Å². The second-order valence-corrected chi connectivity index (χ2v) is 7.75. The molecule has 1 saturated heterocycles. The van der Waals surface area contributed by atoms with Gasteiger partial charge in [0.2, 0.25) is 0 Å². The number of likely N-dealkylation sites (tertiary alicyclic amines) is 1. The van der Waals surface area contributed by atoms with Crippen molar-refractivity contribution in [3.05, 3.63) is 69.0 Å². The van der Waals surface area contributed by atoms with E-state index < -0.39 is 0 Å². The SMILES string of the molecule is CCOC(=O)N1CCC(=C2c3ccc(Cl)cc3CCc3c(C=O)ccnc32)CC1. The number of aromatic nitrogens is 1. The number of pyridine rings is 1. The number of amides is 1. The van der Waals surface area contributed by atoms with Crippen LogP contribution in [0.2, 0.25) is 5.02 Å². The van der Waals surface area contributed by atoms with Crippen LogP contribution in [0.15, 0.2) is 36.0 Å². The zero-order valence-corrected chi connectivity index (χ0v) is 17.2. The highest BCUT2D eigenvalue weighted by molar-refractivity contribution is 6.30. The van der Waals surface area contributed by atoms with Gasteiger partial charge in [-0.3, -0.25) is 9.78 Å². The second kappa shape index (κ2) is 8.37. The minimum atomic E-state index is -0.258. The number of ether oxygens (including phenoxy) is 1. The molecular weight excluding hydrogens is 388 g/mol. The van der Waals surface area contributed by atoms with Crippen molar-refractivity contribution in [3.8, 4) is 0 Å². The number of benzene rings is 1. The summed E-state index contributed by atoms with van der Waals surface area (Å²) in [4.78, 5) is 30.2. The van der Waals surface area contributed by atoms with Crippen LogP contribution < -0.4 is 0 Å². The number of halogens is 1. The van der Waals surface area contributed by atoms with Crippen LogP contribution in [-0.2, 0) is 17.6 Å². The first-order valence-electron chi connectivity index (χ1n) is 9.98. The molecular formula is C23H23ClN2O3. The van der Waals surface area contributed by atoms with Gasteiger partial charge in [0.15, 0.2) is 0 Å². The van der Waals surface area contributed by atoms with Gasteiger partial charge < -0.3 is 9.64 Å². The van der Waals surface area contributed by atoms with Crippen LogP contribution in [0, 0.1) is 0 Å². The molecule has 1 aromatic carbocycles. The highest BCUT2D eigenvalue weighted by atomic mass is 35.5. The third-order valence-corrected chi connectivity index (χ3v) is 5.92. The third-order valence-electron chi connectivity index (χ3n) is 5.68. The third kappa shape index (κ3) is 3.79. The van der Waals surface area contributed by atoms with Crippen molar-refractivity contribution < 1.29 is 14.3 Å². The molecule has 29 heavy (non-hydrogen) atoms. The lowest BCUT2D eigenvalue weighted by Crippen LogP contribution is -2.37. The number of aldehydes is 1. The summed E-state index contributed by atoms with van der Waals surface area (Å²) >= 11 is 6.27. The van der Waals surface area contributed by atoms with E-state index in [-0.39, 0.29) is 6.09 Å². The minimum absolute atomic E-state index is 0.258. The molecule has 150 valence electrons. The van der Waals surface area contributed by atoms with Crippen molar-refractivity contribution in [2.24, 2.45) is 0 Å². The number of nitrogens with zero attached hydrogens (tertiary/aromatic N) is 2. The van der Waals surface area contributed by atoms with Gasteiger partial charge in [-0.05, 0) is 67.5 Å². The Balaban J connectivity index is 1.81. The Kier molecular flexibility index (Phi) is 5.67. The molecule has 0 atom stereocenters. The van der Waals surface area contributed by atoms with E-state index in [0.29, 0.717) is 30.3 Å². The Labute approximate surface area is 175 Å². The molecule has 0 bridgehead atoms. The molecule has 1 aliphatic carbocycles. The van der Waals surface area contributed by atoms with E-state index in [4.69, 9.17) is 21.3 Å². The fourth-order valence-electron chi connectivity index (χ4n) is 4.28. The van der Waals surface area contributed by atoms with E-state index in [1.54, 1.807) is 17.2 Å². The normalized spacial score (nSPS) is 16.0. The first-order valence-corrected chi connectivity index (χ1v) is 10.4. The number of piperidine rings is 1. The summed E-state index contributed by atoms with van der Waals surface area (Å²) in [6.45, 7) is 3.42. The number of aryl methyl sites for hydroxylation is 1. The molecule has 5 nitrogen and oxygen atoms in total. The van der Waals surface area contributed by atoms with E-state index in [9.17, 15) is 9.59 Å². The Morgan fingerprint density at radius 2 is 2.00 bits per heavy atom. The van der Waals surface area contributed by atoms with E-state index >= 15 is 0 Å². The van der Waals surface area contributed by atoms with Crippen molar-refractivity contribution in [2.45, 2.75) is 32.6 Å². The number of rotatable bonds is 2. The van der Waals surface area contributed by atoms with E-state index in [0.717, 1.165) is 54.4 Å². The maximum absolute atomic E-state index is 12.1. The molecule has 1 fully saturated rings. The smallest absolute Gasteiger partial charge is 0.409 e. The molecule has 0 saturated carbocycles. The molecule has 2 heterocycles. The van der Waals surface area contributed by atoms with Gasteiger partial charge >= 0.3 is 6.09 Å². The monoisotopic (exact) mass is 410 g/mol. The number of carbonyl (C=O) groups is 2. The fourth-order valence-corrected chi connectivity index (χ4v) is 4.47. The fraction of sp³-hybridized carbons (Fsp3) is 0.348. The lowest BCUT2D eigenvalue weighted by Gasteiger charge is -2.29. The highest BCUT2D eigenvalue weighted by Gasteiger charge is 2.27. The summed E-state index contributed by atoms with van der Waals surface area (Å²) < 4.78 is 5.14. The van der Waals surface area contributed by atoms with Crippen LogP contribution >= 0.6 is 11.6 Å². The zero-order valence-electron chi connectivity index (χ0n) is 16.4. The Morgan fingerprint density at radius 1 is 1.21 bits per heavy atom. The number of hydrogen-bond acceptors (Lipinski definition) is 4. The Bertz CT molecular complexity index is 990. The Hall–Kier alpha value is -2.66. The molecule has 1 amide bonds. The van der Waals surface area contributed by atoms with Gasteiger partial charge in [-0.2, -0.15) is 0 Å². The zero-order chi connectivity index (χ0) is 20.4. The molecule has 1 aromatic heterocycles. The van der Waals surface area contributed by atoms with E-state index in [1.807, 2.05) is 19.1 Å². The second-order valence-electron chi connectivity index (χ2n) is 7.31. The van der Waals surface area contributed by atoms with Crippen LogP contribution in [0.3, 0.4) is 0 Å². The topological polar surface area (TPSA) is 59.5 Å². The molecule has 2 aromatic rings. The molecule has 2 aliphatic rings. The minimum Gasteiger partial charge on any atom is -0.450 e. The highest BCUT2D eigenvalue weighted by Crippen LogP contribution is 2.39. The van der Waals surface area contributed by atoms with Crippen molar-refractivity contribution in [1.29, 1.82) is 0 Å². The summed E-state index contributed by atoms with van der Waals surface area (Å²) in [5.74, 6) is 0. The molecule has 0 unspecified atom stereocenters. The van der Waals surface area contributed by atoms with Gasteiger partial charge in [-0.15, -0.1) is 0 Å². The lowest BCUT2D eigenvalue weighted by molar-refractivity contribution is 0.104. The van der Waals surface area contributed by atoms with Crippen molar-refractivity contribution in [1.82, 2.24) is 9.88 Å². The molecule has 0 N–H and O–H groups in total. The first-order chi connectivity index (χ1) is 14.1. The van der Waals surface area contributed by atoms with Crippen LogP contribution in [0.1, 0.15) is 52.5 Å². The van der Waals surface area contributed by atoms with Gasteiger partial charge in [-0.25, -0.2) is 4.79 Å². The van der Waals surface area contributed by atoms with Crippen molar-refractivity contribution in [2.75, 3.05) is 19.7 Å². The summed E-state index contributed by atoms with van der Waals surface area (Å²) in [6.07, 6.45) is 5.42. The van der Waals surface area contributed by atoms with E-state index in [2.05, 4.69) is 6.07 Å². The average molecular weight is 411 g/mol. The van der Waals surface area contributed by atoms with Crippen molar-refractivity contribution >= 4 is 29.6 Å². The van der Waals surface area contributed by atoms with Crippen molar-refractivity contribution in [3.63, 3.8) is 0 Å². The summed E-state index contributed by atoms with van der Waals surface area (Å²) in [5.41, 5.74) is 7.21. The van der Waals surface area contributed by atoms with Crippen LogP contribution in [0.25, 0.3) is 5.57 Å². The number of hydrogen-bond donors (Lipinski definition) is 0. The Morgan fingerprint density at radius 3 is 2.72 bits per heavy atom. The molecule has 1 aliphatic heterocycles. The van der Waals surface area contributed by atoms with Crippen LogP contribution in [0.5, 0.6) is 0 Å². The molecule has 6 heteroatoms. The molecule has 0 spiro atoms. The largest absolute Gasteiger partial charge is 0.450 e. The number of fused-ring (bicyclic) bond motifs is 2. The first kappa shape index (κ1) is 19.6. The predicted molar refractivity (Wildman–Crippen MR) is 112 cm³/mol. The van der Waals surface area contributed by atoms with Gasteiger partial charge in [0.05, 0.1) is 12.3 Å². The summed E-state index contributed by atoms with van der Waals surface area (Å²) in [7, 11) is 0. The quantitative estimate of drug-likeness (QED) is 0.673. The summed E-state index contributed by atoms with van der Waals surface area (Å²) in [5, 5.41) is 0.708. The molecule has 4 rings (SSSR count). The van der Waals surface area contributed by atoms with Gasteiger partial charge in [0, 0.05) is 35.4 Å². The molecule has 0 radical (unpaired) electrons. The van der Waals surface area contributed by atoms with Crippen LogP contribution in [-0.4, -0.2) is 42.0 Å². The van der Waals surface area contributed by atoms with Gasteiger partial charge in [-0.1, -0.05) is 23.2 Å². The predicted octanol–water partition coefficient (Wildman–Crippen LogP) is 4.70. The average Bonchev–Trinajstić information content (AvgIpc) is 2.90. The maximum atomic E-state index is 12.1. The van der Waals surface area contributed by atoms with Gasteiger partial charge in [0.1, 0.15) is 6.29 Å². The maximum Gasteiger partial charge on any atom is 0.409 e. The standard InChI is InChI=1S/C23H23ClN2O3/c1-2-29-23(28)26-11-8-15(9-12-26)21-19-6-4-18(24)13-16(19)3-5-20-17(14-27)7-10-25-22(20)21/h4,6-7,10,13-14H,2-3,5,8-9,11-12H2,1H3. The number of carbonyl (C=O) groups excluding carboxylic acids is 2. The van der Waals surface area contributed by atoms with Gasteiger partial charge in [0.25, 0.3) is 0 Å². The van der Waals surface area contributed by atoms with E-state index in [1.165, 1.54) is 11.1 Å².